The molecule has 1 aromatic heterocycles. The van der Waals surface area contributed by atoms with Crippen LogP contribution in [0.2, 0.25) is 5.02 Å². The molecule has 0 aliphatic carbocycles. The van der Waals surface area contributed by atoms with Crippen molar-refractivity contribution in [3.63, 3.8) is 0 Å². The number of anilines is 1. The van der Waals surface area contributed by atoms with Crippen molar-refractivity contribution in [3.8, 4) is 11.1 Å². The molecule has 0 bridgehead atoms. The number of nitrogen functional groups attached to an aromatic ring is 1. The van der Waals surface area contributed by atoms with E-state index in [9.17, 15) is 4.39 Å². The molecule has 0 spiro atoms. The van der Waals surface area contributed by atoms with Gasteiger partial charge in [0.15, 0.2) is 11.5 Å². The molecule has 1 heterocycles. The molecule has 3 rings (SSSR count). The molecule has 0 radical (unpaired) electrons. The summed E-state index contributed by atoms with van der Waals surface area (Å²) in [6.07, 6.45) is 0. The minimum Gasteiger partial charge on any atom is -0.441 e. The van der Waals surface area contributed by atoms with Gasteiger partial charge in [-0.3, -0.25) is 0 Å². The van der Waals surface area contributed by atoms with Crippen LogP contribution in [-0.2, 0) is 0 Å². The van der Waals surface area contributed by atoms with E-state index in [4.69, 9.17) is 21.8 Å². The number of nitrogens with two attached hydrogens (primary N) is 1. The molecule has 0 atom stereocenters. The lowest BCUT2D eigenvalue weighted by atomic mass is 10.0. The Bertz CT molecular complexity index is 782. The Morgan fingerprint density at radius 1 is 1.26 bits per heavy atom. The van der Waals surface area contributed by atoms with E-state index >= 15 is 0 Å². The maximum Gasteiger partial charge on any atom is 0.192 e. The summed E-state index contributed by atoms with van der Waals surface area (Å²) in [5, 5.41) is 0.401. The molecule has 0 unspecified atom stereocenters. The predicted octanol–water partition coefficient (Wildman–Crippen LogP) is 4.18. The molecule has 0 fully saturated rings. The predicted molar refractivity (Wildman–Crippen MR) is 73.6 cm³/mol. The number of oxazole rings is 1. The van der Waals surface area contributed by atoms with Gasteiger partial charge >= 0.3 is 0 Å². The summed E-state index contributed by atoms with van der Waals surface area (Å²) in [5.41, 5.74) is 8.26. The quantitative estimate of drug-likeness (QED) is 0.678. The zero-order valence-electron chi connectivity index (χ0n) is 10.1. The average Bonchev–Trinajstić information content (AvgIpc) is 2.72. The van der Waals surface area contributed by atoms with Gasteiger partial charge in [0.25, 0.3) is 0 Å². The monoisotopic (exact) mass is 276 g/mol. The number of hydrogen-bond acceptors (Lipinski definition) is 3. The molecule has 5 heteroatoms. The maximum absolute atomic E-state index is 13.5. The number of hydrogen-bond donors (Lipinski definition) is 1. The van der Waals surface area contributed by atoms with Crippen molar-refractivity contribution >= 4 is 28.4 Å². The van der Waals surface area contributed by atoms with Crippen LogP contribution in [0.25, 0.3) is 22.2 Å². The summed E-state index contributed by atoms with van der Waals surface area (Å²) in [4.78, 5) is 4.24. The second-order valence-corrected chi connectivity index (χ2v) is 4.68. The van der Waals surface area contributed by atoms with Crippen LogP contribution < -0.4 is 5.73 Å². The summed E-state index contributed by atoms with van der Waals surface area (Å²) in [6, 6.07) is 8.14. The number of benzene rings is 2. The molecule has 0 amide bonds. The fourth-order valence-electron chi connectivity index (χ4n) is 1.99. The van der Waals surface area contributed by atoms with Crippen LogP contribution in [0.3, 0.4) is 0 Å². The van der Waals surface area contributed by atoms with Crippen molar-refractivity contribution in [1.29, 1.82) is 0 Å². The fraction of sp³-hybridized carbons (Fsp3) is 0.0714. The lowest BCUT2D eigenvalue weighted by Gasteiger charge is -2.06. The van der Waals surface area contributed by atoms with E-state index < -0.39 is 5.82 Å². The van der Waals surface area contributed by atoms with E-state index in [-0.39, 0.29) is 5.69 Å². The Balaban J connectivity index is 2.21. The number of rotatable bonds is 1. The zero-order valence-corrected chi connectivity index (χ0v) is 10.8. The number of aryl methyl sites for hydroxylation is 1. The average molecular weight is 277 g/mol. The normalized spacial score (nSPS) is 11.1. The van der Waals surface area contributed by atoms with Crippen molar-refractivity contribution in [2.45, 2.75) is 6.92 Å². The van der Waals surface area contributed by atoms with E-state index in [1.807, 2.05) is 12.1 Å². The van der Waals surface area contributed by atoms with Gasteiger partial charge in [0.2, 0.25) is 0 Å². The highest BCUT2D eigenvalue weighted by atomic mass is 35.5. The van der Waals surface area contributed by atoms with Crippen molar-refractivity contribution in [1.82, 2.24) is 4.98 Å². The molecule has 19 heavy (non-hydrogen) atoms. The van der Waals surface area contributed by atoms with Crippen LogP contribution in [0, 0.1) is 12.7 Å². The van der Waals surface area contributed by atoms with Crippen LogP contribution in [-0.4, -0.2) is 4.98 Å². The van der Waals surface area contributed by atoms with E-state index in [0.717, 1.165) is 5.56 Å². The SMILES string of the molecule is Cc1nc2cc(-c3cc(F)c(N)cc3Cl)ccc2o1. The molecule has 96 valence electrons. The molecule has 3 aromatic rings. The topological polar surface area (TPSA) is 52.0 Å². The first-order chi connectivity index (χ1) is 9.04. The first-order valence-corrected chi connectivity index (χ1v) is 6.04. The summed E-state index contributed by atoms with van der Waals surface area (Å²) < 4.78 is 18.9. The standard InChI is InChI=1S/C14H10ClFN2O/c1-7-18-13-4-8(2-3-14(13)19-7)9-5-11(16)12(17)6-10(9)15/h2-6H,17H2,1H3. The number of nitrogens with zero attached hydrogens (tertiary/aromatic N) is 1. The van der Waals surface area contributed by atoms with Gasteiger partial charge < -0.3 is 10.2 Å². The second-order valence-electron chi connectivity index (χ2n) is 4.27. The third-order valence-corrected chi connectivity index (χ3v) is 3.20. The molecular weight excluding hydrogens is 267 g/mol. The largest absolute Gasteiger partial charge is 0.441 e. The van der Waals surface area contributed by atoms with Crippen molar-refractivity contribution in [2.75, 3.05) is 5.73 Å². The second kappa shape index (κ2) is 4.24. The molecule has 0 aliphatic rings. The minimum absolute atomic E-state index is 0.0344. The fourth-order valence-corrected chi connectivity index (χ4v) is 2.27. The zero-order chi connectivity index (χ0) is 13.6. The highest BCUT2D eigenvalue weighted by Crippen LogP contribution is 2.33. The minimum atomic E-state index is -0.490. The third-order valence-electron chi connectivity index (χ3n) is 2.89. The van der Waals surface area contributed by atoms with Crippen molar-refractivity contribution < 1.29 is 8.81 Å². The summed E-state index contributed by atoms with van der Waals surface area (Å²) in [7, 11) is 0. The lowest BCUT2D eigenvalue weighted by Crippen LogP contribution is -1.92. The Kier molecular flexibility index (Phi) is 2.68. The Hall–Kier alpha value is -2.07. The van der Waals surface area contributed by atoms with E-state index in [0.29, 0.717) is 27.6 Å². The van der Waals surface area contributed by atoms with Crippen molar-refractivity contribution in [2.24, 2.45) is 0 Å². The van der Waals surface area contributed by atoms with Gasteiger partial charge in [-0.25, -0.2) is 9.37 Å². The van der Waals surface area contributed by atoms with Crippen molar-refractivity contribution in [3.05, 3.63) is 47.1 Å². The van der Waals surface area contributed by atoms with Gasteiger partial charge in [0, 0.05) is 12.5 Å². The number of halogens is 2. The van der Waals surface area contributed by atoms with Gasteiger partial charge in [-0.15, -0.1) is 0 Å². The Morgan fingerprint density at radius 2 is 2.05 bits per heavy atom. The van der Waals surface area contributed by atoms with Crippen LogP contribution >= 0.6 is 11.6 Å². The van der Waals surface area contributed by atoms with E-state index in [1.54, 1.807) is 13.0 Å². The van der Waals surface area contributed by atoms with Crippen LogP contribution in [0.5, 0.6) is 0 Å². The first kappa shape index (κ1) is 12.0. The Morgan fingerprint density at radius 3 is 2.84 bits per heavy atom. The smallest absolute Gasteiger partial charge is 0.192 e. The first-order valence-electron chi connectivity index (χ1n) is 5.66. The highest BCUT2D eigenvalue weighted by molar-refractivity contribution is 6.33. The van der Waals surface area contributed by atoms with Gasteiger partial charge in [0.05, 0.1) is 10.7 Å². The molecule has 3 nitrogen and oxygen atoms in total. The molecular formula is C14H10ClFN2O. The van der Waals surface area contributed by atoms with E-state index in [1.165, 1.54) is 12.1 Å². The molecule has 0 saturated heterocycles. The highest BCUT2D eigenvalue weighted by Gasteiger charge is 2.10. The summed E-state index contributed by atoms with van der Waals surface area (Å²) >= 11 is 6.10. The summed E-state index contributed by atoms with van der Waals surface area (Å²) in [6.45, 7) is 1.77. The summed E-state index contributed by atoms with van der Waals surface area (Å²) in [5.74, 6) is 0.0950. The van der Waals surface area contributed by atoms with Gasteiger partial charge in [-0.2, -0.15) is 0 Å². The molecule has 2 N–H and O–H groups in total. The maximum atomic E-state index is 13.5. The lowest BCUT2D eigenvalue weighted by molar-refractivity contribution is 0.561. The number of aromatic nitrogens is 1. The third kappa shape index (κ3) is 2.04. The van der Waals surface area contributed by atoms with E-state index in [2.05, 4.69) is 4.98 Å². The van der Waals surface area contributed by atoms with Crippen LogP contribution in [0.4, 0.5) is 10.1 Å². The van der Waals surface area contributed by atoms with Crippen LogP contribution in [0.15, 0.2) is 34.7 Å². The molecule has 2 aromatic carbocycles. The van der Waals surface area contributed by atoms with Gasteiger partial charge in [-0.05, 0) is 29.8 Å². The molecule has 0 saturated carbocycles. The van der Waals surface area contributed by atoms with Crippen LogP contribution in [0.1, 0.15) is 5.89 Å². The van der Waals surface area contributed by atoms with Gasteiger partial charge in [0.1, 0.15) is 11.3 Å². The Labute approximate surface area is 113 Å². The number of fused-ring (bicyclic) bond motifs is 1. The van der Waals surface area contributed by atoms with Gasteiger partial charge in [-0.1, -0.05) is 17.7 Å². The molecule has 0 aliphatic heterocycles.